The second kappa shape index (κ2) is 25.1. The molecule has 0 amide bonds. The largest absolute Gasteiger partial charge is 0.354 e. The first-order valence-electron chi connectivity index (χ1n) is 29.3. The Labute approximate surface area is 541 Å². The molecule has 5 aromatic carbocycles. The van der Waals surface area contributed by atoms with Crippen molar-refractivity contribution in [1.29, 1.82) is 0 Å². The molecule has 4 aliphatic rings. The molecule has 6 nitrogen and oxygen atoms in total. The van der Waals surface area contributed by atoms with Crippen LogP contribution in [0.5, 0.6) is 0 Å². The van der Waals surface area contributed by atoms with Crippen LogP contribution in [-0.4, -0.2) is 38.0 Å². The van der Waals surface area contributed by atoms with Gasteiger partial charge in [0.05, 0.1) is 73.4 Å². The quantitative estimate of drug-likeness (QED) is 0.0522. The van der Waals surface area contributed by atoms with Gasteiger partial charge in [-0.05, 0) is 95.1 Å². The van der Waals surface area contributed by atoms with E-state index in [1.54, 1.807) is 0 Å². The van der Waals surface area contributed by atoms with Crippen LogP contribution in [0.25, 0.3) is 126 Å². The Hall–Kier alpha value is -10.6. The average Bonchev–Trinajstić information content (AvgIpc) is 1.53. The van der Waals surface area contributed by atoms with Gasteiger partial charge in [0, 0.05) is 49.9 Å². The van der Waals surface area contributed by atoms with Crippen LogP contribution >= 0.6 is 0 Å². The van der Waals surface area contributed by atoms with Crippen molar-refractivity contribution in [1.82, 2.24) is 29.9 Å². The van der Waals surface area contributed by atoms with Crippen molar-refractivity contribution in [2.24, 2.45) is 0 Å². The van der Waals surface area contributed by atoms with E-state index >= 15 is 70.2 Å². The zero-order chi connectivity index (χ0) is 70.7. The summed E-state index contributed by atoms with van der Waals surface area (Å²) >= 11 is 0. The molecule has 98 heavy (non-hydrogen) atoms. The standard InChI is InChI=1S/C71H40F20N6Si/c1-26(2)98(27(3)4,28(5)6)25-24-30-31-12-14-35(92-31)44(48-52(72)60(80)68(88)61(81)53(48)73)39-20-22-41(96-39)46(50-56(76)64(84)70(90)65(85)57(50)77)37-18-16-33(94-37)43(29-10-8-7-9-11-29)34-17-19-38(95-34)47(51-58(78)66(86)71(91)67(87)59(51)79)42-23-21-40(97-42)45(36-15-13-32(30)93-36)49-54(74)62(82)69(89)63(83)55(49)75/h7-23,26-28,94,97H,1-6H3. The van der Waals surface area contributed by atoms with Gasteiger partial charge >= 0.3 is 0 Å². The number of aromatic nitrogens is 6. The number of nitrogens with one attached hydrogen (secondary N) is 2. The van der Waals surface area contributed by atoms with Gasteiger partial charge in [-0.1, -0.05) is 77.8 Å². The van der Waals surface area contributed by atoms with Gasteiger partial charge in [-0.15, -0.1) is 5.54 Å². The number of hydrogen-bond acceptors (Lipinski definition) is 4. The van der Waals surface area contributed by atoms with Crippen molar-refractivity contribution >= 4 is 78.7 Å². The third kappa shape index (κ3) is 10.6. The van der Waals surface area contributed by atoms with Gasteiger partial charge in [-0.25, -0.2) is 108 Å². The smallest absolute Gasteiger partial charge is 0.200 e. The van der Waals surface area contributed by atoms with Crippen molar-refractivity contribution < 1.29 is 87.8 Å². The fourth-order valence-corrected chi connectivity index (χ4v) is 17.9. The number of hydrogen-bond donors (Lipinski definition) is 2. The van der Waals surface area contributed by atoms with Crippen molar-refractivity contribution in [2.45, 2.75) is 58.2 Å². The van der Waals surface area contributed by atoms with E-state index in [9.17, 15) is 17.6 Å². The highest BCUT2D eigenvalue weighted by molar-refractivity contribution is 6.90. The number of halogens is 20. The zero-order valence-electron chi connectivity index (χ0n) is 50.9. The van der Waals surface area contributed by atoms with Crippen molar-refractivity contribution in [3.05, 3.63) is 222 Å². The summed E-state index contributed by atoms with van der Waals surface area (Å²) in [5, 5.41) is 0. The van der Waals surface area contributed by atoms with Gasteiger partial charge in [0.15, 0.2) is 93.1 Å². The summed E-state index contributed by atoms with van der Waals surface area (Å²) in [5.74, 6) is -47.4. The molecule has 0 saturated carbocycles. The number of H-pyrrole nitrogens is 2. The van der Waals surface area contributed by atoms with E-state index in [0.29, 0.717) is 0 Å². The molecule has 12 bridgehead atoms. The van der Waals surface area contributed by atoms with Gasteiger partial charge in [0.2, 0.25) is 23.3 Å². The molecule has 4 aliphatic heterocycles. The molecule has 3 aromatic heterocycles. The van der Waals surface area contributed by atoms with E-state index in [1.807, 2.05) is 41.5 Å². The van der Waals surface area contributed by atoms with E-state index in [1.165, 1.54) is 30.3 Å². The highest BCUT2D eigenvalue weighted by atomic mass is 28.3. The molecule has 0 unspecified atom stereocenters. The first-order valence-corrected chi connectivity index (χ1v) is 31.5. The lowest BCUT2D eigenvalue weighted by Crippen LogP contribution is -2.43. The Kier molecular flexibility index (Phi) is 17.3. The van der Waals surface area contributed by atoms with Crippen LogP contribution < -0.4 is 0 Å². The fraction of sp³-hybridized carbons (Fsp3) is 0.127. The molecule has 498 valence electrons. The highest BCUT2D eigenvalue weighted by Crippen LogP contribution is 2.46. The lowest BCUT2D eigenvalue weighted by atomic mass is 10.00. The molecule has 7 heterocycles. The summed E-state index contributed by atoms with van der Waals surface area (Å²) in [5.41, 5.74) is -15.9. The maximum Gasteiger partial charge on any atom is 0.200 e. The average molecular weight is 1390 g/mol. The summed E-state index contributed by atoms with van der Waals surface area (Å²) in [4.78, 5) is 23.3. The maximum atomic E-state index is 16.6. The van der Waals surface area contributed by atoms with Gasteiger partial charge < -0.3 is 9.97 Å². The number of nitrogens with zero attached hydrogens (tertiary/aromatic N) is 4. The van der Waals surface area contributed by atoms with Gasteiger partial charge in [-0.3, -0.25) is 0 Å². The van der Waals surface area contributed by atoms with Gasteiger partial charge in [-0.2, -0.15) is 0 Å². The molecule has 12 rings (SSSR count). The monoisotopic (exact) mass is 1380 g/mol. The molecular formula is C71H40F20N6Si. The van der Waals surface area contributed by atoms with Crippen LogP contribution in [0.4, 0.5) is 87.8 Å². The number of rotatable bonds is 8. The summed E-state index contributed by atoms with van der Waals surface area (Å²) in [6, 6.07) is 11.1. The van der Waals surface area contributed by atoms with Crippen LogP contribution in [0.3, 0.4) is 0 Å². The molecule has 2 N–H and O–H groups in total. The third-order valence-corrected chi connectivity index (χ3v) is 23.5. The second-order valence-electron chi connectivity index (χ2n) is 23.5. The lowest BCUT2D eigenvalue weighted by Gasteiger charge is -2.38. The van der Waals surface area contributed by atoms with Crippen LogP contribution in [0.1, 0.15) is 92.7 Å². The summed E-state index contributed by atoms with van der Waals surface area (Å²) < 4.78 is 317. The predicted octanol–water partition coefficient (Wildman–Crippen LogP) is 21.3. The van der Waals surface area contributed by atoms with E-state index in [4.69, 9.17) is 0 Å². The molecule has 27 heteroatoms. The topological polar surface area (TPSA) is 83.1 Å². The zero-order valence-corrected chi connectivity index (χ0v) is 51.9. The molecule has 0 saturated heterocycles. The Morgan fingerprint density at radius 2 is 0.490 bits per heavy atom. The minimum Gasteiger partial charge on any atom is -0.354 e. The molecule has 0 spiro atoms. The molecular weight excluding hydrogens is 1340 g/mol. The first kappa shape index (κ1) is 67.4. The van der Waals surface area contributed by atoms with Crippen LogP contribution in [-0.2, 0) is 0 Å². The Bertz CT molecular complexity index is 5270. The van der Waals surface area contributed by atoms with Gasteiger partial charge in [0.1, 0.15) is 8.07 Å². The first-order chi connectivity index (χ1) is 46.4. The minimum absolute atomic E-state index is 0.109. The Morgan fingerprint density at radius 3 is 0.776 bits per heavy atom. The number of aromatic amines is 2. The van der Waals surface area contributed by atoms with Crippen LogP contribution in [0.2, 0.25) is 16.6 Å². The van der Waals surface area contributed by atoms with Crippen LogP contribution in [0, 0.1) is 128 Å². The normalized spacial score (nSPS) is 12.6. The molecule has 0 aliphatic carbocycles. The van der Waals surface area contributed by atoms with Crippen molar-refractivity contribution in [3.8, 4) is 67.1 Å². The summed E-state index contributed by atoms with van der Waals surface area (Å²) in [6.45, 7) is 11.3. The molecule has 8 aromatic rings. The van der Waals surface area contributed by atoms with E-state index in [-0.39, 0.29) is 44.5 Å². The third-order valence-electron chi connectivity index (χ3n) is 17.2. The van der Waals surface area contributed by atoms with E-state index in [2.05, 4.69) is 41.4 Å². The molecule has 0 radical (unpaired) electrons. The minimum atomic E-state index is -2.99. The summed E-state index contributed by atoms with van der Waals surface area (Å²) in [7, 11) is -2.99. The van der Waals surface area contributed by atoms with Crippen molar-refractivity contribution in [2.75, 3.05) is 0 Å². The van der Waals surface area contributed by atoms with Crippen molar-refractivity contribution in [3.63, 3.8) is 0 Å². The second-order valence-corrected chi connectivity index (χ2v) is 29.1. The number of benzene rings is 5. The van der Waals surface area contributed by atoms with E-state index < -0.39 is 225 Å². The predicted molar refractivity (Wildman–Crippen MR) is 332 cm³/mol. The number of fused-ring (bicyclic) bond motifs is 12. The van der Waals surface area contributed by atoms with Gasteiger partial charge in [0.25, 0.3) is 0 Å². The summed E-state index contributed by atoms with van der Waals surface area (Å²) in [6.07, 6.45) is 7.74. The maximum absolute atomic E-state index is 16.6. The highest BCUT2D eigenvalue weighted by Gasteiger charge is 2.42. The molecule has 0 atom stereocenters. The van der Waals surface area contributed by atoms with E-state index in [0.717, 1.165) is 72.9 Å². The Balaban J connectivity index is 1.37. The van der Waals surface area contributed by atoms with Crippen LogP contribution in [0.15, 0.2) is 54.6 Å². The fourth-order valence-electron chi connectivity index (χ4n) is 12.7. The lowest BCUT2D eigenvalue weighted by molar-refractivity contribution is 0.381. The SMILES string of the molecule is CC(C)[Si](C#Cc1c2nc(c(-c3c(F)c(F)c(F)c(F)c3F)c3nc(c(-c4c(F)c(F)c(F)c(F)c4F)c4ccc([nH]4)c(-c4ccccc4)c4nc(c(-c5c(F)c(F)c(F)c(F)c5F)c5ccc([nH]5)c(-c5c(F)c(F)c(F)c(F)c5F)c5nc1C=C5)C=C4)C=C3)C=C2)(C(C)C)C(C)C. The molecule has 0 fully saturated rings. The Morgan fingerprint density at radius 1 is 0.265 bits per heavy atom.